The number of unbranched alkanes of at least 4 members (excludes halogenated alkanes) is 1. The van der Waals surface area contributed by atoms with Crippen LogP contribution >= 0.6 is 0 Å². The van der Waals surface area contributed by atoms with Crippen molar-refractivity contribution in [1.29, 1.82) is 0 Å². The lowest BCUT2D eigenvalue weighted by atomic mass is 10.3. The predicted octanol–water partition coefficient (Wildman–Crippen LogP) is 2.86. The van der Waals surface area contributed by atoms with E-state index in [-0.39, 0.29) is 0 Å². The second-order valence-electron chi connectivity index (χ2n) is 2.70. The summed E-state index contributed by atoms with van der Waals surface area (Å²) in [5.41, 5.74) is 1.28. The summed E-state index contributed by atoms with van der Waals surface area (Å²) in [6.45, 7) is 7.41. The maximum absolute atomic E-state index is 3.26. The number of allylic oxidation sites excluding steroid dienone is 3. The van der Waals surface area contributed by atoms with Crippen molar-refractivity contribution < 1.29 is 0 Å². The van der Waals surface area contributed by atoms with Crippen LogP contribution in [0.1, 0.15) is 33.6 Å². The van der Waals surface area contributed by atoms with E-state index in [9.17, 15) is 0 Å². The molecule has 11 heavy (non-hydrogen) atoms. The first-order chi connectivity index (χ1) is 5.31. The van der Waals surface area contributed by atoms with Crippen LogP contribution in [0.5, 0.6) is 0 Å². The van der Waals surface area contributed by atoms with Gasteiger partial charge in [-0.1, -0.05) is 25.5 Å². The summed E-state index contributed by atoms with van der Waals surface area (Å²) in [5.74, 6) is 0. The van der Waals surface area contributed by atoms with E-state index in [2.05, 4.69) is 31.4 Å². The predicted molar refractivity (Wildman–Crippen MR) is 51.5 cm³/mol. The highest BCUT2D eigenvalue weighted by Gasteiger charge is 1.80. The van der Waals surface area contributed by atoms with Gasteiger partial charge in [-0.15, -0.1) is 0 Å². The highest BCUT2D eigenvalue weighted by molar-refractivity contribution is 5.13. The smallest absolute Gasteiger partial charge is 0.0141 e. The van der Waals surface area contributed by atoms with E-state index in [0.717, 1.165) is 6.54 Å². The van der Waals surface area contributed by atoms with Crippen LogP contribution in [0.2, 0.25) is 0 Å². The van der Waals surface area contributed by atoms with Crippen molar-refractivity contribution in [3.8, 4) is 0 Å². The molecule has 1 N–H and O–H groups in total. The maximum Gasteiger partial charge on any atom is 0.0141 e. The second kappa shape index (κ2) is 7.39. The van der Waals surface area contributed by atoms with Crippen LogP contribution < -0.4 is 5.32 Å². The van der Waals surface area contributed by atoms with Crippen LogP contribution in [0, 0.1) is 0 Å². The molecule has 0 unspecified atom stereocenters. The van der Waals surface area contributed by atoms with Crippen LogP contribution in [0.4, 0.5) is 0 Å². The third-order valence-electron chi connectivity index (χ3n) is 1.43. The molecule has 0 aromatic heterocycles. The van der Waals surface area contributed by atoms with Gasteiger partial charge in [-0.05, 0) is 32.0 Å². The summed E-state index contributed by atoms with van der Waals surface area (Å²) in [6, 6.07) is 0. The monoisotopic (exact) mass is 153 g/mol. The standard InChI is InChI=1S/C10H19N/c1-4-6-8-11-9-10(3)7-5-2/h5,7,9,11H,4,6,8H2,1-3H3/b7-5-,10-9-. The molecule has 0 aromatic carbocycles. The number of rotatable bonds is 5. The van der Waals surface area contributed by atoms with Crippen molar-refractivity contribution in [2.75, 3.05) is 6.54 Å². The summed E-state index contributed by atoms with van der Waals surface area (Å²) in [5, 5.41) is 3.26. The number of hydrogen-bond acceptors (Lipinski definition) is 1. The van der Waals surface area contributed by atoms with E-state index in [0.29, 0.717) is 0 Å². The lowest BCUT2D eigenvalue weighted by Gasteiger charge is -1.98. The molecule has 0 aliphatic heterocycles. The van der Waals surface area contributed by atoms with Gasteiger partial charge in [-0.2, -0.15) is 0 Å². The highest BCUT2D eigenvalue weighted by atomic mass is 14.8. The van der Waals surface area contributed by atoms with Gasteiger partial charge in [0.15, 0.2) is 0 Å². The molecule has 0 saturated heterocycles. The molecule has 0 aliphatic rings. The summed E-state index contributed by atoms with van der Waals surface area (Å²) >= 11 is 0. The van der Waals surface area contributed by atoms with Crippen molar-refractivity contribution in [1.82, 2.24) is 5.32 Å². The number of hydrogen-bond donors (Lipinski definition) is 1. The molecule has 0 heterocycles. The van der Waals surface area contributed by atoms with Gasteiger partial charge in [-0.25, -0.2) is 0 Å². The topological polar surface area (TPSA) is 12.0 Å². The molecule has 0 atom stereocenters. The fraction of sp³-hybridized carbons (Fsp3) is 0.600. The van der Waals surface area contributed by atoms with Crippen LogP contribution in [-0.4, -0.2) is 6.54 Å². The van der Waals surface area contributed by atoms with Gasteiger partial charge in [0, 0.05) is 6.54 Å². The normalized spacial score (nSPS) is 12.5. The molecule has 0 saturated carbocycles. The molecule has 0 rings (SSSR count). The summed E-state index contributed by atoms with van der Waals surface area (Å²) in [6.07, 6.45) is 8.71. The van der Waals surface area contributed by atoms with Crippen LogP contribution in [0.15, 0.2) is 23.9 Å². The molecule has 1 nitrogen and oxygen atoms in total. The zero-order valence-corrected chi connectivity index (χ0v) is 7.85. The molecule has 0 aromatic rings. The van der Waals surface area contributed by atoms with E-state index in [1.54, 1.807) is 0 Å². The van der Waals surface area contributed by atoms with Gasteiger partial charge in [0.1, 0.15) is 0 Å². The average molecular weight is 153 g/mol. The zero-order chi connectivity index (χ0) is 8.53. The van der Waals surface area contributed by atoms with Crippen molar-refractivity contribution in [2.45, 2.75) is 33.6 Å². The molecule has 1 heteroatoms. The SMILES string of the molecule is C/C=C\C(C)=C/NCCCC. The van der Waals surface area contributed by atoms with Crippen molar-refractivity contribution in [2.24, 2.45) is 0 Å². The highest BCUT2D eigenvalue weighted by Crippen LogP contribution is 1.91. The Bertz CT molecular complexity index is 134. The Morgan fingerprint density at radius 1 is 1.45 bits per heavy atom. The van der Waals surface area contributed by atoms with E-state index in [4.69, 9.17) is 0 Å². The van der Waals surface area contributed by atoms with Gasteiger partial charge in [-0.3, -0.25) is 0 Å². The Kier molecular flexibility index (Phi) is 6.90. The van der Waals surface area contributed by atoms with E-state index in [1.165, 1.54) is 18.4 Å². The van der Waals surface area contributed by atoms with Crippen LogP contribution in [0.3, 0.4) is 0 Å². The van der Waals surface area contributed by atoms with E-state index >= 15 is 0 Å². The minimum absolute atomic E-state index is 1.09. The minimum Gasteiger partial charge on any atom is -0.391 e. The summed E-state index contributed by atoms with van der Waals surface area (Å²) in [7, 11) is 0. The Balaban J connectivity index is 3.40. The summed E-state index contributed by atoms with van der Waals surface area (Å²) in [4.78, 5) is 0. The molecular formula is C10H19N. The molecular weight excluding hydrogens is 134 g/mol. The van der Waals surface area contributed by atoms with Crippen LogP contribution in [-0.2, 0) is 0 Å². The Morgan fingerprint density at radius 2 is 2.18 bits per heavy atom. The summed E-state index contributed by atoms with van der Waals surface area (Å²) < 4.78 is 0. The van der Waals surface area contributed by atoms with Gasteiger partial charge >= 0.3 is 0 Å². The number of nitrogens with one attached hydrogen (secondary N) is 1. The first-order valence-corrected chi connectivity index (χ1v) is 4.34. The van der Waals surface area contributed by atoms with Gasteiger partial charge in [0.2, 0.25) is 0 Å². The average Bonchev–Trinajstić information content (AvgIpc) is 1.99. The van der Waals surface area contributed by atoms with Gasteiger partial charge < -0.3 is 5.32 Å². The molecule has 0 radical (unpaired) electrons. The maximum atomic E-state index is 3.26. The Morgan fingerprint density at radius 3 is 2.73 bits per heavy atom. The van der Waals surface area contributed by atoms with Crippen molar-refractivity contribution in [3.63, 3.8) is 0 Å². The minimum atomic E-state index is 1.09. The second-order valence-corrected chi connectivity index (χ2v) is 2.70. The van der Waals surface area contributed by atoms with Gasteiger partial charge in [0.05, 0.1) is 0 Å². The Labute approximate surface area is 70.2 Å². The molecule has 0 spiro atoms. The lowest BCUT2D eigenvalue weighted by molar-refractivity contribution is 0.733. The third-order valence-corrected chi connectivity index (χ3v) is 1.43. The first kappa shape index (κ1) is 10.3. The van der Waals surface area contributed by atoms with E-state index in [1.807, 2.05) is 13.0 Å². The Hall–Kier alpha value is -0.720. The molecule has 0 aliphatic carbocycles. The molecule has 64 valence electrons. The molecule has 0 amide bonds. The quantitative estimate of drug-likeness (QED) is 0.473. The molecule has 0 fully saturated rings. The fourth-order valence-corrected chi connectivity index (χ4v) is 0.823. The lowest BCUT2D eigenvalue weighted by Crippen LogP contribution is -2.06. The van der Waals surface area contributed by atoms with Crippen molar-refractivity contribution in [3.05, 3.63) is 23.9 Å². The largest absolute Gasteiger partial charge is 0.391 e. The fourth-order valence-electron chi connectivity index (χ4n) is 0.823. The first-order valence-electron chi connectivity index (χ1n) is 4.34. The zero-order valence-electron chi connectivity index (χ0n) is 7.85. The molecule has 0 bridgehead atoms. The van der Waals surface area contributed by atoms with Crippen LogP contribution in [0.25, 0.3) is 0 Å². The third kappa shape index (κ3) is 7.17. The van der Waals surface area contributed by atoms with Gasteiger partial charge in [0.25, 0.3) is 0 Å². The van der Waals surface area contributed by atoms with Crippen molar-refractivity contribution >= 4 is 0 Å². The van der Waals surface area contributed by atoms with E-state index < -0.39 is 0 Å².